The molecule has 0 aliphatic carbocycles. The van der Waals surface area contributed by atoms with Crippen LogP contribution in [0.2, 0.25) is 0 Å². The van der Waals surface area contributed by atoms with Gasteiger partial charge in [-0.05, 0) is 49.2 Å². The summed E-state index contributed by atoms with van der Waals surface area (Å²) in [5, 5.41) is 3.87. The molecule has 5 rings (SSSR count). The number of rotatable bonds is 4. The number of nitrogens with zero attached hydrogens (tertiary/aromatic N) is 1. The first-order chi connectivity index (χ1) is 15.6. The Morgan fingerprint density at radius 1 is 0.969 bits per heavy atom. The second-order valence-corrected chi connectivity index (χ2v) is 8.02. The van der Waals surface area contributed by atoms with Gasteiger partial charge in [-0.3, -0.25) is 9.59 Å². The van der Waals surface area contributed by atoms with E-state index in [1.165, 1.54) is 0 Å². The van der Waals surface area contributed by atoms with Crippen LogP contribution >= 0.6 is 0 Å². The second-order valence-electron chi connectivity index (χ2n) is 8.02. The fourth-order valence-corrected chi connectivity index (χ4v) is 4.31. The summed E-state index contributed by atoms with van der Waals surface area (Å²) in [5.41, 5.74) is 4.59. The SMILES string of the molecule is C[C@@H]1Cc2ccccc2N1C(=O)/C(=C/c1c[nH]c2ccccc12)NC(=O)c1ccccc1. The maximum absolute atomic E-state index is 13.8. The Bertz CT molecular complexity index is 1340. The van der Waals surface area contributed by atoms with Crippen molar-refractivity contribution in [3.8, 4) is 0 Å². The van der Waals surface area contributed by atoms with Crippen molar-refractivity contribution in [1.29, 1.82) is 0 Å². The van der Waals surface area contributed by atoms with E-state index in [0.29, 0.717) is 5.56 Å². The van der Waals surface area contributed by atoms with Crippen LogP contribution in [0.25, 0.3) is 17.0 Å². The molecule has 1 aliphatic rings. The minimum atomic E-state index is -0.315. The molecule has 0 radical (unpaired) electrons. The Balaban J connectivity index is 1.56. The Morgan fingerprint density at radius 2 is 1.69 bits per heavy atom. The van der Waals surface area contributed by atoms with Crippen molar-refractivity contribution in [2.24, 2.45) is 0 Å². The molecule has 2 N–H and O–H groups in total. The average molecular weight is 422 g/mol. The molecule has 4 aromatic rings. The minimum absolute atomic E-state index is 0.0000961. The van der Waals surface area contributed by atoms with Gasteiger partial charge in [-0.25, -0.2) is 0 Å². The van der Waals surface area contributed by atoms with Crippen molar-refractivity contribution in [1.82, 2.24) is 10.3 Å². The van der Waals surface area contributed by atoms with Crippen molar-refractivity contribution >= 4 is 34.5 Å². The summed E-state index contributed by atoms with van der Waals surface area (Å²) in [6.07, 6.45) is 4.40. The van der Waals surface area contributed by atoms with Gasteiger partial charge in [-0.15, -0.1) is 0 Å². The van der Waals surface area contributed by atoms with Gasteiger partial charge in [-0.2, -0.15) is 0 Å². The third kappa shape index (κ3) is 3.58. The third-order valence-corrected chi connectivity index (χ3v) is 5.86. The number of amides is 2. The zero-order chi connectivity index (χ0) is 22.1. The van der Waals surface area contributed by atoms with Gasteiger partial charge in [0.1, 0.15) is 5.70 Å². The number of hydrogen-bond acceptors (Lipinski definition) is 2. The predicted octanol–water partition coefficient (Wildman–Crippen LogP) is 4.92. The Kier molecular flexibility index (Phi) is 5.07. The highest BCUT2D eigenvalue weighted by Crippen LogP contribution is 2.33. The summed E-state index contributed by atoms with van der Waals surface area (Å²) in [6.45, 7) is 2.03. The van der Waals surface area contributed by atoms with E-state index in [4.69, 9.17) is 0 Å². The molecule has 5 heteroatoms. The lowest BCUT2D eigenvalue weighted by molar-refractivity contribution is -0.115. The number of aromatic amines is 1. The topological polar surface area (TPSA) is 65.2 Å². The normalized spacial score (nSPS) is 15.6. The lowest BCUT2D eigenvalue weighted by atomic mass is 10.1. The molecule has 1 atom stereocenters. The zero-order valence-electron chi connectivity index (χ0n) is 17.7. The number of nitrogens with one attached hydrogen (secondary N) is 2. The van der Waals surface area contributed by atoms with Gasteiger partial charge in [-0.1, -0.05) is 54.6 Å². The summed E-state index contributed by atoms with van der Waals surface area (Å²) in [5.74, 6) is -0.540. The van der Waals surface area contributed by atoms with Gasteiger partial charge in [0, 0.05) is 40.0 Å². The molecule has 158 valence electrons. The number of carbonyl (C=O) groups is 2. The molecule has 2 heterocycles. The number of aromatic nitrogens is 1. The maximum atomic E-state index is 13.8. The van der Waals surface area contributed by atoms with Crippen LogP contribution in [0.1, 0.15) is 28.4 Å². The number of para-hydroxylation sites is 2. The van der Waals surface area contributed by atoms with Gasteiger partial charge in [0.25, 0.3) is 11.8 Å². The molecular formula is C27H23N3O2. The van der Waals surface area contributed by atoms with Crippen LogP contribution < -0.4 is 10.2 Å². The van der Waals surface area contributed by atoms with Crippen molar-refractivity contribution in [3.05, 3.63) is 107 Å². The summed E-state index contributed by atoms with van der Waals surface area (Å²) < 4.78 is 0. The van der Waals surface area contributed by atoms with Gasteiger partial charge in [0.05, 0.1) is 0 Å². The smallest absolute Gasteiger partial charge is 0.275 e. The van der Waals surface area contributed by atoms with Crippen molar-refractivity contribution in [2.45, 2.75) is 19.4 Å². The van der Waals surface area contributed by atoms with E-state index in [-0.39, 0.29) is 23.6 Å². The van der Waals surface area contributed by atoms with E-state index in [2.05, 4.69) is 10.3 Å². The number of carbonyl (C=O) groups excluding carboxylic acids is 2. The number of H-pyrrole nitrogens is 1. The molecule has 0 saturated heterocycles. The molecule has 2 amide bonds. The lowest BCUT2D eigenvalue weighted by Crippen LogP contribution is -2.41. The number of anilines is 1. The van der Waals surface area contributed by atoms with Crippen LogP contribution in [0, 0.1) is 0 Å². The van der Waals surface area contributed by atoms with E-state index in [1.54, 1.807) is 35.2 Å². The molecule has 0 unspecified atom stereocenters. The van der Waals surface area contributed by atoms with Crippen LogP contribution in [0.5, 0.6) is 0 Å². The van der Waals surface area contributed by atoms with Gasteiger partial charge in [0.2, 0.25) is 0 Å². The Labute approximate surface area is 186 Å². The first-order valence-corrected chi connectivity index (χ1v) is 10.7. The fraction of sp³-hybridized carbons (Fsp3) is 0.111. The highest BCUT2D eigenvalue weighted by Gasteiger charge is 2.33. The molecule has 0 bridgehead atoms. The monoisotopic (exact) mass is 421 g/mol. The van der Waals surface area contributed by atoms with Crippen LogP contribution in [0.15, 0.2) is 90.8 Å². The van der Waals surface area contributed by atoms with Crippen LogP contribution in [-0.2, 0) is 11.2 Å². The molecule has 32 heavy (non-hydrogen) atoms. The van der Waals surface area contributed by atoms with Crippen LogP contribution in [0.3, 0.4) is 0 Å². The molecule has 1 aliphatic heterocycles. The van der Waals surface area contributed by atoms with E-state index in [9.17, 15) is 9.59 Å². The average Bonchev–Trinajstić information content (AvgIpc) is 3.38. The second kappa shape index (κ2) is 8.19. The molecule has 0 saturated carbocycles. The molecule has 5 nitrogen and oxygen atoms in total. The van der Waals surface area contributed by atoms with Crippen molar-refractivity contribution < 1.29 is 9.59 Å². The van der Waals surface area contributed by atoms with Crippen LogP contribution in [0.4, 0.5) is 5.69 Å². The molecule has 0 fully saturated rings. The number of fused-ring (bicyclic) bond motifs is 2. The zero-order valence-corrected chi connectivity index (χ0v) is 17.7. The summed E-state index contributed by atoms with van der Waals surface area (Å²) in [4.78, 5) is 31.8. The first-order valence-electron chi connectivity index (χ1n) is 10.7. The standard InChI is InChI=1S/C27H23N3O2/c1-18-15-20-11-5-8-14-25(20)30(18)27(32)24(29-26(31)19-9-3-2-4-10-19)16-21-17-28-23-13-7-6-12-22(21)23/h2-14,16-18,28H,15H2,1H3,(H,29,31)/b24-16-/t18-/m1/s1. The highest BCUT2D eigenvalue weighted by molar-refractivity contribution is 6.13. The van der Waals surface area contributed by atoms with E-state index < -0.39 is 0 Å². The van der Waals surface area contributed by atoms with Crippen molar-refractivity contribution in [3.63, 3.8) is 0 Å². The largest absolute Gasteiger partial charge is 0.361 e. The summed E-state index contributed by atoms with van der Waals surface area (Å²) in [7, 11) is 0. The quantitative estimate of drug-likeness (QED) is 0.460. The molecular weight excluding hydrogens is 398 g/mol. The highest BCUT2D eigenvalue weighted by atomic mass is 16.2. The van der Waals surface area contributed by atoms with E-state index >= 15 is 0 Å². The predicted molar refractivity (Wildman–Crippen MR) is 127 cm³/mol. The lowest BCUT2D eigenvalue weighted by Gasteiger charge is -2.24. The summed E-state index contributed by atoms with van der Waals surface area (Å²) in [6, 6.07) is 24.7. The van der Waals surface area contributed by atoms with Crippen LogP contribution in [-0.4, -0.2) is 22.8 Å². The number of hydrogen-bond donors (Lipinski definition) is 2. The first kappa shape index (κ1) is 19.8. The number of benzene rings is 3. The van der Waals surface area contributed by atoms with E-state index in [1.807, 2.05) is 67.7 Å². The van der Waals surface area contributed by atoms with Gasteiger partial charge < -0.3 is 15.2 Å². The Hall–Kier alpha value is -4.12. The Morgan fingerprint density at radius 3 is 2.53 bits per heavy atom. The third-order valence-electron chi connectivity index (χ3n) is 5.86. The van der Waals surface area contributed by atoms with Crippen molar-refractivity contribution in [2.75, 3.05) is 4.90 Å². The molecule has 1 aromatic heterocycles. The van der Waals surface area contributed by atoms with Gasteiger partial charge in [0.15, 0.2) is 0 Å². The fourth-order valence-electron chi connectivity index (χ4n) is 4.31. The molecule has 3 aromatic carbocycles. The summed E-state index contributed by atoms with van der Waals surface area (Å²) >= 11 is 0. The molecule has 0 spiro atoms. The van der Waals surface area contributed by atoms with Gasteiger partial charge >= 0.3 is 0 Å². The maximum Gasteiger partial charge on any atom is 0.275 e. The van der Waals surface area contributed by atoms with E-state index in [0.717, 1.165) is 34.1 Å². The minimum Gasteiger partial charge on any atom is -0.361 e.